The van der Waals surface area contributed by atoms with E-state index in [9.17, 15) is 4.79 Å². The summed E-state index contributed by atoms with van der Waals surface area (Å²) in [6.07, 6.45) is 1.54. The molecule has 0 aliphatic heterocycles. The highest BCUT2D eigenvalue weighted by molar-refractivity contribution is 5.75. The summed E-state index contributed by atoms with van der Waals surface area (Å²) < 4.78 is 0. The molecule has 1 rings (SSSR count). The fraction of sp³-hybridized carbons (Fsp3) is 0.588. The van der Waals surface area contributed by atoms with Crippen molar-refractivity contribution >= 4 is 5.78 Å². The maximum Gasteiger partial charge on any atom is 0.129 e. The van der Waals surface area contributed by atoms with Gasteiger partial charge in [-0.15, -0.1) is 0 Å². The van der Waals surface area contributed by atoms with Crippen LogP contribution in [0.25, 0.3) is 0 Å². The van der Waals surface area contributed by atoms with Crippen LogP contribution in [-0.2, 0) is 4.79 Å². The number of nitrogens with zero attached hydrogens (tertiary/aromatic N) is 1. The van der Waals surface area contributed by atoms with Crippen LogP contribution in [0.1, 0.15) is 62.3 Å². The fourth-order valence-corrected chi connectivity index (χ4v) is 2.41. The number of rotatable bonds is 6. The molecule has 2 heteroatoms. The third-order valence-corrected chi connectivity index (χ3v) is 3.72. The summed E-state index contributed by atoms with van der Waals surface area (Å²) in [4.78, 5) is 13.5. The second-order valence-electron chi connectivity index (χ2n) is 5.99. The monoisotopic (exact) mass is 261 g/mol. The van der Waals surface area contributed by atoms with E-state index in [2.05, 4.69) is 58.0 Å². The van der Waals surface area contributed by atoms with Gasteiger partial charge in [0, 0.05) is 12.5 Å². The predicted octanol–water partition coefficient (Wildman–Crippen LogP) is 4.09. The normalized spacial score (nSPS) is 13.1. The quantitative estimate of drug-likeness (QED) is 0.768. The number of ketones is 1. The number of hydrogen-bond acceptors (Lipinski definition) is 2. The Kier molecular flexibility index (Phi) is 5.74. The maximum atomic E-state index is 11.2. The van der Waals surface area contributed by atoms with Crippen molar-refractivity contribution in [3.8, 4) is 0 Å². The van der Waals surface area contributed by atoms with Crippen molar-refractivity contribution in [2.45, 2.75) is 52.5 Å². The molecule has 1 aromatic rings. The van der Waals surface area contributed by atoms with Gasteiger partial charge in [-0.3, -0.25) is 0 Å². The molecule has 2 nitrogen and oxygen atoms in total. The lowest BCUT2D eigenvalue weighted by atomic mass is 9.91. The topological polar surface area (TPSA) is 20.3 Å². The summed E-state index contributed by atoms with van der Waals surface area (Å²) in [6, 6.07) is 7.04. The zero-order chi connectivity index (χ0) is 14.6. The molecule has 0 N–H and O–H groups in total. The Morgan fingerprint density at radius 3 is 2.37 bits per heavy atom. The van der Waals surface area contributed by atoms with E-state index in [1.54, 1.807) is 6.92 Å². The molecule has 0 fully saturated rings. The van der Waals surface area contributed by atoms with Gasteiger partial charge in [0.1, 0.15) is 5.78 Å². The standard InChI is InChI=1S/C17H27NO/c1-12(2)15-9-7-13(3)16(11-15)17(18(5)6)10-8-14(4)19/h7,9,11-12,17H,8,10H2,1-6H3. The maximum absolute atomic E-state index is 11.2. The molecule has 19 heavy (non-hydrogen) atoms. The highest BCUT2D eigenvalue weighted by Crippen LogP contribution is 2.29. The third kappa shape index (κ3) is 4.46. The molecule has 0 bridgehead atoms. The summed E-state index contributed by atoms with van der Waals surface area (Å²) >= 11 is 0. The van der Waals surface area contributed by atoms with Gasteiger partial charge in [-0.1, -0.05) is 32.0 Å². The van der Waals surface area contributed by atoms with Gasteiger partial charge < -0.3 is 9.69 Å². The van der Waals surface area contributed by atoms with E-state index >= 15 is 0 Å². The van der Waals surface area contributed by atoms with Crippen molar-refractivity contribution in [1.29, 1.82) is 0 Å². The van der Waals surface area contributed by atoms with Gasteiger partial charge in [0.05, 0.1) is 0 Å². The Morgan fingerprint density at radius 2 is 1.89 bits per heavy atom. The van der Waals surface area contributed by atoms with Crippen molar-refractivity contribution in [3.63, 3.8) is 0 Å². The first-order chi connectivity index (χ1) is 8.82. The molecule has 0 amide bonds. The van der Waals surface area contributed by atoms with E-state index in [1.807, 2.05) is 0 Å². The number of carbonyl (C=O) groups is 1. The molecule has 0 spiro atoms. The first kappa shape index (κ1) is 15.9. The smallest absolute Gasteiger partial charge is 0.129 e. The largest absolute Gasteiger partial charge is 0.302 e. The fourth-order valence-electron chi connectivity index (χ4n) is 2.41. The summed E-state index contributed by atoms with van der Waals surface area (Å²) in [5, 5.41) is 0. The van der Waals surface area contributed by atoms with E-state index in [0.29, 0.717) is 18.4 Å². The number of hydrogen-bond donors (Lipinski definition) is 0. The van der Waals surface area contributed by atoms with Crippen LogP contribution in [-0.4, -0.2) is 24.8 Å². The van der Waals surface area contributed by atoms with Crippen LogP contribution in [0, 0.1) is 6.92 Å². The van der Waals surface area contributed by atoms with Crippen molar-refractivity contribution in [2.24, 2.45) is 0 Å². The lowest BCUT2D eigenvalue weighted by molar-refractivity contribution is -0.117. The Balaban J connectivity index is 3.07. The summed E-state index contributed by atoms with van der Waals surface area (Å²) in [6.45, 7) is 8.26. The van der Waals surface area contributed by atoms with E-state index in [-0.39, 0.29) is 5.78 Å². The first-order valence-electron chi connectivity index (χ1n) is 7.09. The second-order valence-corrected chi connectivity index (χ2v) is 5.99. The Bertz CT molecular complexity index is 435. The zero-order valence-corrected chi connectivity index (χ0v) is 13.2. The van der Waals surface area contributed by atoms with Gasteiger partial charge >= 0.3 is 0 Å². The van der Waals surface area contributed by atoms with Crippen molar-refractivity contribution in [1.82, 2.24) is 4.90 Å². The lowest BCUT2D eigenvalue weighted by Crippen LogP contribution is -2.21. The SMILES string of the molecule is CC(=O)CCC(c1cc(C(C)C)ccc1C)N(C)C. The molecule has 106 valence electrons. The van der Waals surface area contributed by atoms with Crippen LogP contribution in [0.5, 0.6) is 0 Å². The molecule has 0 aliphatic rings. The van der Waals surface area contributed by atoms with Crippen molar-refractivity contribution in [2.75, 3.05) is 14.1 Å². The van der Waals surface area contributed by atoms with E-state index in [4.69, 9.17) is 0 Å². The van der Waals surface area contributed by atoms with Crippen LogP contribution in [0.15, 0.2) is 18.2 Å². The highest BCUT2D eigenvalue weighted by atomic mass is 16.1. The average molecular weight is 261 g/mol. The minimum absolute atomic E-state index is 0.268. The highest BCUT2D eigenvalue weighted by Gasteiger charge is 2.17. The number of carbonyl (C=O) groups excluding carboxylic acids is 1. The number of aryl methyl sites for hydroxylation is 1. The van der Waals surface area contributed by atoms with Gasteiger partial charge in [-0.2, -0.15) is 0 Å². The lowest BCUT2D eigenvalue weighted by Gasteiger charge is -2.27. The van der Waals surface area contributed by atoms with Crippen LogP contribution in [0.3, 0.4) is 0 Å². The molecule has 0 heterocycles. The van der Waals surface area contributed by atoms with E-state index < -0.39 is 0 Å². The van der Waals surface area contributed by atoms with E-state index in [1.165, 1.54) is 16.7 Å². The predicted molar refractivity (Wildman–Crippen MR) is 81.6 cm³/mol. The van der Waals surface area contributed by atoms with E-state index in [0.717, 1.165) is 6.42 Å². The molecule has 0 saturated carbocycles. The molecular weight excluding hydrogens is 234 g/mol. The van der Waals surface area contributed by atoms with Crippen molar-refractivity contribution < 1.29 is 4.79 Å². The zero-order valence-electron chi connectivity index (χ0n) is 13.2. The summed E-state index contributed by atoms with van der Waals surface area (Å²) in [5.74, 6) is 0.805. The first-order valence-corrected chi connectivity index (χ1v) is 7.09. The number of Topliss-reactive ketones (excluding diaryl/α,β-unsaturated/α-hetero) is 1. The third-order valence-electron chi connectivity index (χ3n) is 3.72. The molecule has 1 unspecified atom stereocenters. The molecule has 0 saturated heterocycles. The molecule has 0 aliphatic carbocycles. The molecule has 0 aromatic heterocycles. The minimum Gasteiger partial charge on any atom is -0.302 e. The van der Waals surface area contributed by atoms with Gasteiger partial charge in [0.25, 0.3) is 0 Å². The van der Waals surface area contributed by atoms with Gasteiger partial charge in [-0.25, -0.2) is 0 Å². The van der Waals surface area contributed by atoms with Crippen LogP contribution < -0.4 is 0 Å². The Morgan fingerprint density at radius 1 is 1.26 bits per heavy atom. The van der Waals surface area contributed by atoms with Crippen LogP contribution in [0.4, 0.5) is 0 Å². The minimum atomic E-state index is 0.268. The van der Waals surface area contributed by atoms with Crippen LogP contribution in [0.2, 0.25) is 0 Å². The second kappa shape index (κ2) is 6.85. The van der Waals surface area contributed by atoms with Gasteiger partial charge in [0.2, 0.25) is 0 Å². The Hall–Kier alpha value is -1.15. The average Bonchev–Trinajstić information content (AvgIpc) is 2.30. The van der Waals surface area contributed by atoms with Crippen molar-refractivity contribution in [3.05, 3.63) is 34.9 Å². The molecule has 0 radical (unpaired) electrons. The molecule has 1 atom stereocenters. The van der Waals surface area contributed by atoms with Crippen LogP contribution >= 0.6 is 0 Å². The number of benzene rings is 1. The van der Waals surface area contributed by atoms with Gasteiger partial charge in [-0.05, 0) is 57.0 Å². The molecular formula is C17H27NO. The Labute approximate surface area is 117 Å². The summed E-state index contributed by atoms with van der Waals surface area (Å²) in [5.41, 5.74) is 4.04. The molecule has 1 aromatic carbocycles. The van der Waals surface area contributed by atoms with Gasteiger partial charge in [0.15, 0.2) is 0 Å². The summed E-state index contributed by atoms with van der Waals surface area (Å²) in [7, 11) is 4.18.